The van der Waals surface area contributed by atoms with Crippen LogP contribution in [0.3, 0.4) is 0 Å². The summed E-state index contributed by atoms with van der Waals surface area (Å²) >= 11 is 0. The van der Waals surface area contributed by atoms with E-state index in [0.29, 0.717) is 17.8 Å². The number of nitrogens with zero attached hydrogens (tertiary/aromatic N) is 5. The van der Waals surface area contributed by atoms with E-state index in [1.165, 1.54) is 0 Å². The topological polar surface area (TPSA) is 94.1 Å². The second-order valence-electron chi connectivity index (χ2n) is 7.52. The van der Waals surface area contributed by atoms with Gasteiger partial charge in [0.1, 0.15) is 0 Å². The van der Waals surface area contributed by atoms with Gasteiger partial charge in [-0.1, -0.05) is 36.4 Å². The average molecular weight is 413 g/mol. The number of H-pyrrole nitrogens is 1. The van der Waals surface area contributed by atoms with Gasteiger partial charge in [0.25, 0.3) is 0 Å². The number of aromatic amines is 1. The summed E-state index contributed by atoms with van der Waals surface area (Å²) in [6, 6.07) is 18.0. The number of hydrogen-bond donors (Lipinski definition) is 3. The summed E-state index contributed by atoms with van der Waals surface area (Å²) in [7, 11) is 0. The molecule has 1 saturated heterocycles. The molecule has 0 radical (unpaired) electrons. The van der Waals surface area contributed by atoms with Gasteiger partial charge in [-0.25, -0.2) is 5.43 Å². The Morgan fingerprint density at radius 1 is 0.935 bits per heavy atom. The summed E-state index contributed by atoms with van der Waals surface area (Å²) in [5, 5.41) is 8.95. The van der Waals surface area contributed by atoms with Gasteiger partial charge in [-0.3, -0.25) is 0 Å². The molecule has 3 N–H and O–H groups in total. The molecule has 1 aliphatic rings. The number of aromatic nitrogens is 4. The lowest BCUT2D eigenvalue weighted by Crippen LogP contribution is -2.22. The Bertz CT molecular complexity index is 1210. The molecule has 4 aromatic rings. The maximum atomic E-state index is 4.63. The maximum absolute atomic E-state index is 4.63. The molecule has 0 aliphatic carbocycles. The molecule has 8 heteroatoms. The molecule has 5 rings (SSSR count). The summed E-state index contributed by atoms with van der Waals surface area (Å²) < 4.78 is 0. The molecule has 2 aromatic carbocycles. The zero-order valence-corrected chi connectivity index (χ0v) is 17.3. The molecule has 0 saturated carbocycles. The van der Waals surface area contributed by atoms with E-state index in [4.69, 9.17) is 0 Å². The molecular formula is C23H24N8. The molecule has 3 heterocycles. The minimum absolute atomic E-state index is 0.412. The lowest BCUT2D eigenvalue weighted by atomic mass is 10.1. The van der Waals surface area contributed by atoms with Crippen LogP contribution in [0.1, 0.15) is 25.3 Å². The number of hydrazone groups is 1. The van der Waals surface area contributed by atoms with E-state index in [0.717, 1.165) is 53.8 Å². The highest BCUT2D eigenvalue weighted by atomic mass is 15.4. The molecule has 1 aliphatic heterocycles. The number of hydrogen-bond acceptors (Lipinski definition) is 7. The van der Waals surface area contributed by atoms with Gasteiger partial charge in [0.15, 0.2) is 0 Å². The highest BCUT2D eigenvalue weighted by molar-refractivity contribution is 6.09. The van der Waals surface area contributed by atoms with Crippen LogP contribution in [-0.4, -0.2) is 38.7 Å². The fourth-order valence-corrected chi connectivity index (χ4v) is 3.74. The van der Waals surface area contributed by atoms with Crippen molar-refractivity contribution in [1.29, 1.82) is 0 Å². The molecule has 0 spiro atoms. The fraction of sp³-hybridized carbons (Fsp3) is 0.217. The zero-order chi connectivity index (χ0) is 21.0. The SMILES string of the molecule is C/C(=N\Nc1nc(Nc2ccccc2)nc(N2CCCC2)n1)c1c[nH]c2ccccc12. The van der Waals surface area contributed by atoms with Crippen molar-refractivity contribution in [2.75, 3.05) is 28.7 Å². The standard InChI is InChI=1S/C23H24N8/c1-16(19-15-24-20-12-6-5-11-18(19)20)29-30-22-26-21(25-17-9-3-2-4-10-17)27-23(28-22)31-13-7-8-14-31/h2-6,9-12,15,24H,7-8,13-14H2,1H3,(H2,25,26,27,28,30)/b29-16+. The van der Waals surface area contributed by atoms with E-state index >= 15 is 0 Å². The van der Waals surface area contributed by atoms with Crippen molar-refractivity contribution in [2.45, 2.75) is 19.8 Å². The first-order valence-corrected chi connectivity index (χ1v) is 10.5. The van der Waals surface area contributed by atoms with Crippen molar-refractivity contribution in [3.8, 4) is 0 Å². The van der Waals surface area contributed by atoms with E-state index < -0.39 is 0 Å². The monoisotopic (exact) mass is 412 g/mol. The summed E-state index contributed by atoms with van der Waals surface area (Å²) in [6.45, 7) is 3.87. The van der Waals surface area contributed by atoms with Gasteiger partial charge < -0.3 is 15.2 Å². The maximum Gasteiger partial charge on any atom is 0.250 e. The van der Waals surface area contributed by atoms with E-state index in [1.54, 1.807) is 0 Å². The minimum atomic E-state index is 0.412. The average Bonchev–Trinajstić information content (AvgIpc) is 3.48. The van der Waals surface area contributed by atoms with Crippen LogP contribution in [0.25, 0.3) is 10.9 Å². The highest BCUT2D eigenvalue weighted by Gasteiger charge is 2.17. The molecule has 0 amide bonds. The largest absolute Gasteiger partial charge is 0.360 e. The van der Waals surface area contributed by atoms with Crippen LogP contribution < -0.4 is 15.6 Å². The van der Waals surface area contributed by atoms with Crippen LogP contribution >= 0.6 is 0 Å². The molecule has 0 bridgehead atoms. The van der Waals surface area contributed by atoms with E-state index in [9.17, 15) is 0 Å². The van der Waals surface area contributed by atoms with Gasteiger partial charge in [0.2, 0.25) is 17.8 Å². The fourth-order valence-electron chi connectivity index (χ4n) is 3.74. The summed E-state index contributed by atoms with van der Waals surface area (Å²) in [6.07, 6.45) is 4.26. The summed E-state index contributed by atoms with van der Waals surface area (Å²) in [5.74, 6) is 1.56. The van der Waals surface area contributed by atoms with Gasteiger partial charge in [0, 0.05) is 41.4 Å². The first-order chi connectivity index (χ1) is 15.3. The van der Waals surface area contributed by atoms with E-state index in [-0.39, 0.29) is 0 Å². The van der Waals surface area contributed by atoms with E-state index in [1.807, 2.05) is 55.6 Å². The van der Waals surface area contributed by atoms with Crippen LogP contribution in [-0.2, 0) is 0 Å². The second kappa shape index (κ2) is 8.43. The van der Waals surface area contributed by atoms with Gasteiger partial charge in [-0.05, 0) is 38.0 Å². The molecule has 31 heavy (non-hydrogen) atoms. The van der Waals surface area contributed by atoms with Crippen molar-refractivity contribution < 1.29 is 0 Å². The lowest BCUT2D eigenvalue weighted by molar-refractivity contribution is 0.882. The molecule has 1 fully saturated rings. The summed E-state index contributed by atoms with van der Waals surface area (Å²) in [5.41, 5.74) is 6.92. The van der Waals surface area contributed by atoms with Crippen LogP contribution in [0.15, 0.2) is 65.9 Å². The van der Waals surface area contributed by atoms with Crippen molar-refractivity contribution in [2.24, 2.45) is 5.10 Å². The highest BCUT2D eigenvalue weighted by Crippen LogP contribution is 2.22. The number of para-hydroxylation sites is 2. The van der Waals surface area contributed by atoms with Crippen LogP contribution in [0.5, 0.6) is 0 Å². The quantitative estimate of drug-likeness (QED) is 0.318. The zero-order valence-electron chi connectivity index (χ0n) is 17.3. The van der Waals surface area contributed by atoms with Crippen molar-refractivity contribution in [1.82, 2.24) is 19.9 Å². The Hall–Kier alpha value is -3.94. The predicted molar refractivity (Wildman–Crippen MR) is 125 cm³/mol. The number of anilines is 4. The second-order valence-corrected chi connectivity index (χ2v) is 7.52. The molecule has 8 nitrogen and oxygen atoms in total. The van der Waals surface area contributed by atoms with Gasteiger partial charge in [0.05, 0.1) is 5.71 Å². The first-order valence-electron chi connectivity index (χ1n) is 10.5. The number of fused-ring (bicyclic) bond motifs is 1. The third-order valence-electron chi connectivity index (χ3n) is 5.35. The lowest BCUT2D eigenvalue weighted by Gasteiger charge is -2.16. The molecular weight excluding hydrogens is 388 g/mol. The van der Waals surface area contributed by atoms with Gasteiger partial charge in [-0.15, -0.1) is 0 Å². The molecule has 0 unspecified atom stereocenters. The smallest absolute Gasteiger partial charge is 0.250 e. The number of rotatable bonds is 6. The number of benzene rings is 2. The minimum Gasteiger partial charge on any atom is -0.360 e. The normalized spacial score (nSPS) is 14.2. The Labute approximate surface area is 180 Å². The molecule has 2 aromatic heterocycles. The van der Waals surface area contributed by atoms with Crippen LogP contribution in [0.4, 0.5) is 23.5 Å². The Morgan fingerprint density at radius 3 is 2.52 bits per heavy atom. The third-order valence-corrected chi connectivity index (χ3v) is 5.35. The van der Waals surface area contributed by atoms with E-state index in [2.05, 4.69) is 52.8 Å². The summed E-state index contributed by atoms with van der Waals surface area (Å²) in [4.78, 5) is 19.2. The predicted octanol–water partition coefficient (Wildman–Crippen LogP) is 4.53. The van der Waals surface area contributed by atoms with Crippen molar-refractivity contribution in [3.05, 3.63) is 66.4 Å². The Balaban J connectivity index is 1.43. The van der Waals surface area contributed by atoms with Crippen LogP contribution in [0.2, 0.25) is 0 Å². The third kappa shape index (κ3) is 4.18. The first kappa shape index (κ1) is 19.0. The Morgan fingerprint density at radius 2 is 1.68 bits per heavy atom. The van der Waals surface area contributed by atoms with Crippen molar-refractivity contribution in [3.63, 3.8) is 0 Å². The van der Waals surface area contributed by atoms with Crippen LogP contribution in [0, 0.1) is 0 Å². The molecule has 0 atom stereocenters. The molecule has 156 valence electrons. The van der Waals surface area contributed by atoms with Gasteiger partial charge in [-0.2, -0.15) is 20.1 Å². The number of nitrogens with one attached hydrogen (secondary N) is 3. The Kier molecular flexibility index (Phi) is 5.18. The van der Waals surface area contributed by atoms with Crippen molar-refractivity contribution >= 4 is 40.1 Å². The van der Waals surface area contributed by atoms with Gasteiger partial charge >= 0.3 is 0 Å².